The summed E-state index contributed by atoms with van der Waals surface area (Å²) in [6, 6.07) is -1.17. The Hall–Kier alpha value is -2.25. The van der Waals surface area contributed by atoms with Gasteiger partial charge in [0, 0.05) is 9.82 Å². The van der Waals surface area contributed by atoms with E-state index in [9.17, 15) is 4.79 Å². The van der Waals surface area contributed by atoms with E-state index in [0.29, 0.717) is 0 Å². The quantitative estimate of drug-likeness (QED) is 0.257. The second kappa shape index (κ2) is 5.27. The van der Waals surface area contributed by atoms with Gasteiger partial charge in [0.1, 0.15) is 12.2 Å². The molecule has 0 aromatic rings. The Balaban J connectivity index is 2.47. The fourth-order valence-electron chi connectivity index (χ4n) is 2.49. The van der Waals surface area contributed by atoms with E-state index in [1.807, 2.05) is 0 Å². The average molecular weight is 294 g/mol. The summed E-state index contributed by atoms with van der Waals surface area (Å²) < 4.78 is 16.7. The minimum absolute atomic E-state index is 0.192. The summed E-state index contributed by atoms with van der Waals surface area (Å²) in [7, 11) is 0. The molecule has 0 amide bonds. The van der Waals surface area contributed by atoms with Crippen LogP contribution in [0.4, 0.5) is 0 Å². The summed E-state index contributed by atoms with van der Waals surface area (Å²) in [5.41, 5.74) is 15.7. The van der Waals surface area contributed by atoms with E-state index in [0.717, 1.165) is 0 Å². The van der Waals surface area contributed by atoms with Crippen molar-refractivity contribution in [2.45, 2.75) is 43.5 Å². The maximum absolute atomic E-state index is 12.1. The number of hydrogen-bond acceptors (Lipinski definition) is 6. The number of carbonyl (C=O) groups is 1. The van der Waals surface area contributed by atoms with Crippen LogP contribution >= 0.6 is 0 Å². The van der Waals surface area contributed by atoms with E-state index in [2.05, 4.69) is 26.6 Å². The Labute approximate surface area is 119 Å². The van der Waals surface area contributed by atoms with Gasteiger partial charge >= 0.3 is 5.97 Å². The molecule has 0 aromatic carbocycles. The highest BCUT2D eigenvalue weighted by Gasteiger charge is 2.61. The molecule has 2 fully saturated rings. The van der Waals surface area contributed by atoms with Crippen LogP contribution in [0.25, 0.3) is 20.9 Å². The highest BCUT2D eigenvalue weighted by molar-refractivity contribution is 5.79. The van der Waals surface area contributed by atoms with E-state index in [1.165, 1.54) is 6.08 Å². The summed E-state index contributed by atoms with van der Waals surface area (Å²) in [5, 5.41) is 6.86. The van der Waals surface area contributed by atoms with Gasteiger partial charge in [0.25, 0.3) is 0 Å². The highest BCUT2D eigenvalue weighted by Crippen LogP contribution is 2.42. The van der Waals surface area contributed by atoms with Gasteiger partial charge in [0.2, 0.25) is 0 Å². The Bertz CT molecular complexity index is 565. The fraction of sp³-hybridized carbons (Fsp3) is 0.727. The van der Waals surface area contributed by atoms with Crippen LogP contribution in [0.3, 0.4) is 0 Å². The van der Waals surface area contributed by atoms with Crippen LogP contribution in [0.1, 0.15) is 13.8 Å². The largest absolute Gasteiger partial charge is 0.451 e. The molecule has 2 saturated heterocycles. The Morgan fingerprint density at radius 1 is 1.38 bits per heavy atom. The molecule has 0 saturated carbocycles. The number of carbonyl (C=O) groups excluding carboxylic acids is 1. The maximum Gasteiger partial charge on any atom is 0.318 e. The first-order valence-corrected chi connectivity index (χ1v) is 6.16. The van der Waals surface area contributed by atoms with Crippen LogP contribution in [0, 0.1) is 0 Å². The van der Waals surface area contributed by atoms with Crippen LogP contribution in [-0.4, -0.2) is 42.2 Å². The predicted octanol–water partition coefficient (Wildman–Crippen LogP) is 1.98. The third kappa shape index (κ3) is 2.53. The standard InChI is InChI=1S/C11H14N6O4/c1-4-11(5-14-16-12)8-7(19-10(2,3)20-8)6(15-17-13)9(18)21-11/h4,6-8H,1,5H2,2-3H3. The fourth-order valence-corrected chi connectivity index (χ4v) is 2.49. The molecule has 21 heavy (non-hydrogen) atoms. The molecule has 2 rings (SSSR count). The van der Waals surface area contributed by atoms with Gasteiger partial charge in [-0.15, -0.1) is 0 Å². The summed E-state index contributed by atoms with van der Waals surface area (Å²) in [6.07, 6.45) is -0.290. The van der Waals surface area contributed by atoms with E-state index < -0.39 is 35.6 Å². The molecule has 10 heteroatoms. The van der Waals surface area contributed by atoms with E-state index in [-0.39, 0.29) is 6.54 Å². The zero-order valence-corrected chi connectivity index (χ0v) is 11.5. The molecule has 0 bridgehead atoms. The van der Waals surface area contributed by atoms with E-state index in [4.69, 9.17) is 25.3 Å². The predicted molar refractivity (Wildman–Crippen MR) is 69.8 cm³/mol. The zero-order chi connectivity index (χ0) is 15.7. The molecule has 0 aromatic heterocycles. The van der Waals surface area contributed by atoms with Crippen molar-refractivity contribution >= 4 is 5.97 Å². The summed E-state index contributed by atoms with van der Waals surface area (Å²) >= 11 is 0. The van der Waals surface area contributed by atoms with E-state index in [1.54, 1.807) is 13.8 Å². The van der Waals surface area contributed by atoms with Crippen LogP contribution in [0.5, 0.6) is 0 Å². The summed E-state index contributed by atoms with van der Waals surface area (Å²) in [5.74, 6) is -1.78. The van der Waals surface area contributed by atoms with Crippen molar-refractivity contribution in [2.24, 2.45) is 10.2 Å². The molecule has 0 spiro atoms. The first-order chi connectivity index (χ1) is 9.89. The molecule has 0 aliphatic carbocycles. The van der Waals surface area contributed by atoms with Gasteiger partial charge in [-0.25, -0.2) is 0 Å². The van der Waals surface area contributed by atoms with Gasteiger partial charge in [-0.1, -0.05) is 16.8 Å². The van der Waals surface area contributed by atoms with Crippen LogP contribution in [0.15, 0.2) is 22.9 Å². The van der Waals surface area contributed by atoms with Crippen molar-refractivity contribution in [2.75, 3.05) is 6.54 Å². The molecule has 4 atom stereocenters. The van der Waals surface area contributed by atoms with Crippen molar-refractivity contribution in [3.05, 3.63) is 33.5 Å². The van der Waals surface area contributed by atoms with Gasteiger partial charge < -0.3 is 14.2 Å². The van der Waals surface area contributed by atoms with Gasteiger partial charge in [0.15, 0.2) is 17.4 Å². The lowest BCUT2D eigenvalue weighted by molar-refractivity contribution is -0.185. The number of hydrogen-bond donors (Lipinski definition) is 0. The van der Waals surface area contributed by atoms with Crippen molar-refractivity contribution in [3.8, 4) is 0 Å². The molecule has 2 aliphatic heterocycles. The van der Waals surface area contributed by atoms with Crippen LogP contribution in [-0.2, 0) is 19.0 Å². The molecule has 2 heterocycles. The Morgan fingerprint density at radius 2 is 2.10 bits per heavy atom. The molecular weight excluding hydrogens is 280 g/mol. The lowest BCUT2D eigenvalue weighted by Crippen LogP contribution is -2.61. The zero-order valence-electron chi connectivity index (χ0n) is 11.5. The van der Waals surface area contributed by atoms with Crippen molar-refractivity contribution in [1.29, 1.82) is 0 Å². The minimum Gasteiger partial charge on any atom is -0.451 e. The highest BCUT2D eigenvalue weighted by atomic mass is 16.8. The van der Waals surface area contributed by atoms with E-state index >= 15 is 0 Å². The second-order valence-electron chi connectivity index (χ2n) is 5.14. The molecule has 0 N–H and O–H groups in total. The molecule has 2 aliphatic rings. The van der Waals surface area contributed by atoms with Crippen molar-refractivity contribution in [1.82, 2.24) is 0 Å². The Morgan fingerprint density at radius 3 is 2.67 bits per heavy atom. The van der Waals surface area contributed by atoms with Gasteiger partial charge in [-0.2, -0.15) is 0 Å². The first-order valence-electron chi connectivity index (χ1n) is 6.16. The number of esters is 1. The van der Waals surface area contributed by atoms with Crippen molar-refractivity contribution < 1.29 is 19.0 Å². The maximum atomic E-state index is 12.1. The lowest BCUT2D eigenvalue weighted by Gasteiger charge is -2.41. The minimum atomic E-state index is -1.36. The number of rotatable bonds is 4. The van der Waals surface area contributed by atoms with Crippen molar-refractivity contribution in [3.63, 3.8) is 0 Å². The molecular formula is C11H14N6O4. The third-order valence-corrected chi connectivity index (χ3v) is 3.36. The lowest BCUT2D eigenvalue weighted by atomic mass is 9.86. The molecule has 112 valence electrons. The Kier molecular flexibility index (Phi) is 3.80. The topological polar surface area (TPSA) is 142 Å². The number of azide groups is 2. The summed E-state index contributed by atoms with van der Waals surface area (Å²) in [4.78, 5) is 17.4. The van der Waals surface area contributed by atoms with Gasteiger partial charge in [0.05, 0.1) is 6.54 Å². The smallest absolute Gasteiger partial charge is 0.318 e. The SMILES string of the molecule is C=CC1(CN=[N+]=[N-])OC(=O)C(N=[N+]=[N-])C2OC(C)(C)OC21. The number of cyclic esters (lactones) is 1. The average Bonchev–Trinajstić information content (AvgIpc) is 2.76. The van der Waals surface area contributed by atoms with Crippen LogP contribution in [0.2, 0.25) is 0 Å². The third-order valence-electron chi connectivity index (χ3n) is 3.36. The molecule has 4 unspecified atom stereocenters. The number of nitrogens with zero attached hydrogens (tertiary/aromatic N) is 6. The normalized spacial score (nSPS) is 36.7. The summed E-state index contributed by atoms with van der Waals surface area (Å²) in [6.45, 7) is 6.75. The molecule has 0 radical (unpaired) electrons. The van der Waals surface area contributed by atoms with Crippen LogP contribution < -0.4 is 0 Å². The molecule has 10 nitrogen and oxygen atoms in total. The monoisotopic (exact) mass is 294 g/mol. The van der Waals surface area contributed by atoms with Gasteiger partial charge in [-0.3, -0.25) is 4.79 Å². The number of ether oxygens (including phenoxy) is 3. The van der Waals surface area contributed by atoms with Gasteiger partial charge in [-0.05, 0) is 31.0 Å². The second-order valence-corrected chi connectivity index (χ2v) is 5.14. The first kappa shape index (κ1) is 15.1. The number of fused-ring (bicyclic) bond motifs is 1.